The average molecular weight is 385 g/mol. The largest absolute Gasteiger partial charge is 0.440 e. The summed E-state index contributed by atoms with van der Waals surface area (Å²) in [6.45, 7) is 7.75. The number of aromatic nitrogens is 2. The van der Waals surface area contributed by atoms with Crippen LogP contribution in [0.3, 0.4) is 0 Å². The quantitative estimate of drug-likeness (QED) is 0.642. The molecule has 0 aromatic carbocycles. The normalized spacial score (nSPS) is 15.9. The van der Waals surface area contributed by atoms with Gasteiger partial charge < -0.3 is 9.32 Å². The Kier molecular flexibility index (Phi) is 6.45. The van der Waals surface area contributed by atoms with Crippen LogP contribution in [0.2, 0.25) is 5.02 Å². The van der Waals surface area contributed by atoms with Gasteiger partial charge in [-0.25, -0.2) is 4.98 Å². The maximum Gasteiger partial charge on any atom is 0.245 e. The molecule has 6 heteroatoms. The Bertz CT molecular complexity index is 882. The fraction of sp³-hybridized carbons (Fsp3) is 0.381. The summed E-state index contributed by atoms with van der Waals surface area (Å²) in [6, 6.07) is 1.94. The molecule has 1 aliphatic rings. The van der Waals surface area contributed by atoms with Crippen LogP contribution in [-0.4, -0.2) is 22.7 Å². The van der Waals surface area contributed by atoms with Crippen molar-refractivity contribution in [2.24, 2.45) is 4.99 Å². The molecule has 0 unspecified atom stereocenters. The van der Waals surface area contributed by atoms with E-state index in [-0.39, 0.29) is 0 Å². The Morgan fingerprint density at radius 1 is 1.41 bits per heavy atom. The van der Waals surface area contributed by atoms with Crippen molar-refractivity contribution < 1.29 is 4.42 Å². The van der Waals surface area contributed by atoms with Gasteiger partial charge in [-0.2, -0.15) is 0 Å². The first-order valence-electron chi connectivity index (χ1n) is 9.32. The molecule has 0 amide bonds. The molecule has 3 rings (SSSR count). The SMILES string of the molecule is C/C=C\C=NC(=C(C)CC)c1nc2c(o1)CCCN(c1cncc(Cl)c1)C2. The van der Waals surface area contributed by atoms with Crippen molar-refractivity contribution in [1.82, 2.24) is 9.97 Å². The molecule has 142 valence electrons. The first kappa shape index (κ1) is 19.4. The number of rotatable bonds is 5. The monoisotopic (exact) mass is 384 g/mol. The van der Waals surface area contributed by atoms with Crippen LogP contribution in [0.25, 0.3) is 5.70 Å². The van der Waals surface area contributed by atoms with E-state index in [2.05, 4.69) is 28.7 Å². The second-order valence-electron chi connectivity index (χ2n) is 6.56. The third-order valence-electron chi connectivity index (χ3n) is 4.63. The molecule has 0 bridgehead atoms. The fourth-order valence-electron chi connectivity index (χ4n) is 3.01. The molecule has 0 atom stereocenters. The van der Waals surface area contributed by atoms with Crippen LogP contribution in [-0.2, 0) is 13.0 Å². The molecule has 0 radical (unpaired) electrons. The summed E-state index contributed by atoms with van der Waals surface area (Å²) in [5.74, 6) is 1.55. The van der Waals surface area contributed by atoms with E-state index in [9.17, 15) is 0 Å². The number of allylic oxidation sites excluding steroid dienone is 3. The molecule has 2 aromatic heterocycles. The van der Waals surface area contributed by atoms with E-state index < -0.39 is 0 Å². The van der Waals surface area contributed by atoms with E-state index in [1.54, 1.807) is 12.4 Å². The summed E-state index contributed by atoms with van der Waals surface area (Å²) in [4.78, 5) is 15.8. The lowest BCUT2D eigenvalue weighted by atomic mass is 10.2. The summed E-state index contributed by atoms with van der Waals surface area (Å²) in [7, 11) is 0. The van der Waals surface area contributed by atoms with Crippen LogP contribution in [0, 0.1) is 0 Å². The van der Waals surface area contributed by atoms with Crippen molar-refractivity contribution in [3.8, 4) is 0 Å². The molecule has 0 spiro atoms. The van der Waals surface area contributed by atoms with Crippen molar-refractivity contribution in [3.63, 3.8) is 0 Å². The smallest absolute Gasteiger partial charge is 0.245 e. The third-order valence-corrected chi connectivity index (χ3v) is 4.83. The Morgan fingerprint density at radius 3 is 3.00 bits per heavy atom. The highest BCUT2D eigenvalue weighted by Crippen LogP contribution is 2.29. The van der Waals surface area contributed by atoms with Crippen LogP contribution in [0.4, 0.5) is 5.69 Å². The van der Waals surface area contributed by atoms with Crippen LogP contribution >= 0.6 is 11.6 Å². The highest BCUT2D eigenvalue weighted by Gasteiger charge is 2.22. The van der Waals surface area contributed by atoms with Gasteiger partial charge in [-0.15, -0.1) is 0 Å². The number of fused-ring (bicyclic) bond motifs is 1. The summed E-state index contributed by atoms with van der Waals surface area (Å²) >= 11 is 6.11. The van der Waals surface area contributed by atoms with Crippen molar-refractivity contribution in [3.05, 3.63) is 58.6 Å². The van der Waals surface area contributed by atoms with E-state index >= 15 is 0 Å². The van der Waals surface area contributed by atoms with Gasteiger partial charge in [0.2, 0.25) is 5.89 Å². The first-order chi connectivity index (χ1) is 13.1. The Hall–Kier alpha value is -2.40. The number of aryl methyl sites for hydroxylation is 1. The molecule has 0 fully saturated rings. The highest BCUT2D eigenvalue weighted by molar-refractivity contribution is 6.30. The molecule has 3 heterocycles. The molecular weight excluding hydrogens is 360 g/mol. The lowest BCUT2D eigenvalue weighted by molar-refractivity contribution is 0.486. The van der Waals surface area contributed by atoms with Gasteiger partial charge in [0, 0.05) is 25.4 Å². The minimum absolute atomic E-state index is 0.603. The molecule has 1 aliphatic heterocycles. The van der Waals surface area contributed by atoms with Crippen molar-refractivity contribution in [2.45, 2.75) is 46.6 Å². The van der Waals surface area contributed by atoms with Crippen LogP contribution in [0.5, 0.6) is 0 Å². The topological polar surface area (TPSA) is 54.5 Å². The summed E-state index contributed by atoms with van der Waals surface area (Å²) in [5.41, 5.74) is 3.94. The third kappa shape index (κ3) is 4.66. The lowest BCUT2D eigenvalue weighted by Crippen LogP contribution is -2.22. The van der Waals surface area contributed by atoms with Crippen molar-refractivity contribution in [1.29, 1.82) is 0 Å². The predicted octanol–water partition coefficient (Wildman–Crippen LogP) is 5.46. The number of oxazole rings is 1. The zero-order valence-corrected chi connectivity index (χ0v) is 16.8. The molecule has 0 saturated carbocycles. The lowest BCUT2D eigenvalue weighted by Gasteiger charge is -2.21. The van der Waals surface area contributed by atoms with E-state index in [1.165, 1.54) is 0 Å². The van der Waals surface area contributed by atoms with Gasteiger partial charge in [0.05, 0.1) is 23.5 Å². The molecular formula is C21H25ClN4O. The Labute approximate surface area is 165 Å². The minimum atomic E-state index is 0.603. The van der Waals surface area contributed by atoms with Gasteiger partial charge in [0.15, 0.2) is 0 Å². The molecule has 0 N–H and O–H groups in total. The van der Waals surface area contributed by atoms with Gasteiger partial charge in [-0.05, 0) is 44.4 Å². The van der Waals surface area contributed by atoms with Gasteiger partial charge in [0.25, 0.3) is 0 Å². The van der Waals surface area contributed by atoms with E-state index in [1.807, 2.05) is 31.3 Å². The van der Waals surface area contributed by atoms with Crippen molar-refractivity contribution >= 4 is 29.2 Å². The minimum Gasteiger partial charge on any atom is -0.440 e. The molecule has 2 aromatic rings. The summed E-state index contributed by atoms with van der Waals surface area (Å²) in [5, 5.41) is 0.639. The second kappa shape index (κ2) is 9.00. The number of anilines is 1. The van der Waals surface area contributed by atoms with Crippen molar-refractivity contribution in [2.75, 3.05) is 11.4 Å². The molecule has 27 heavy (non-hydrogen) atoms. The average Bonchev–Trinajstić information content (AvgIpc) is 2.95. The number of nitrogens with zero attached hydrogens (tertiary/aromatic N) is 4. The molecule has 0 saturated heterocycles. The number of pyridine rings is 1. The second-order valence-corrected chi connectivity index (χ2v) is 7.00. The van der Waals surface area contributed by atoms with Gasteiger partial charge in [-0.1, -0.05) is 24.6 Å². The van der Waals surface area contributed by atoms with E-state index in [0.29, 0.717) is 17.5 Å². The van der Waals surface area contributed by atoms with Crippen LogP contribution in [0.15, 0.2) is 45.6 Å². The van der Waals surface area contributed by atoms with Crippen LogP contribution in [0.1, 0.15) is 51.0 Å². The van der Waals surface area contributed by atoms with Crippen LogP contribution < -0.4 is 4.90 Å². The van der Waals surface area contributed by atoms with Gasteiger partial charge >= 0.3 is 0 Å². The maximum absolute atomic E-state index is 6.13. The zero-order valence-electron chi connectivity index (χ0n) is 16.1. The van der Waals surface area contributed by atoms with E-state index in [0.717, 1.165) is 54.2 Å². The fourth-order valence-corrected chi connectivity index (χ4v) is 3.17. The number of hydrogen-bond acceptors (Lipinski definition) is 5. The standard InChI is InChI=1S/C21H25ClN4O/c1-4-6-9-24-20(15(3)5-2)21-25-18-14-26(10-7-8-19(18)27-21)17-11-16(22)12-23-13-17/h4,6,9,11-13H,5,7-8,10,14H2,1-3H3/b6-4-,20-15?,24-9?. The number of halogens is 1. The zero-order chi connectivity index (χ0) is 19.2. The summed E-state index contributed by atoms with van der Waals surface area (Å²) in [6.07, 6.45) is 11.9. The number of aliphatic imine (C=N–C) groups is 1. The Morgan fingerprint density at radius 2 is 2.26 bits per heavy atom. The predicted molar refractivity (Wildman–Crippen MR) is 111 cm³/mol. The van der Waals surface area contributed by atoms with E-state index in [4.69, 9.17) is 21.0 Å². The maximum atomic E-state index is 6.13. The Balaban J connectivity index is 1.92. The first-order valence-corrected chi connectivity index (χ1v) is 9.69. The number of hydrogen-bond donors (Lipinski definition) is 0. The highest BCUT2D eigenvalue weighted by atomic mass is 35.5. The van der Waals surface area contributed by atoms with Gasteiger partial charge in [-0.3, -0.25) is 9.98 Å². The summed E-state index contributed by atoms with van der Waals surface area (Å²) < 4.78 is 6.13. The molecule has 0 aliphatic carbocycles. The van der Waals surface area contributed by atoms with Gasteiger partial charge in [0.1, 0.15) is 17.2 Å². The molecule has 5 nitrogen and oxygen atoms in total.